The number of ether oxygens (including phenoxy) is 1. The Morgan fingerprint density at radius 2 is 1.82 bits per heavy atom. The highest BCUT2D eigenvalue weighted by Crippen LogP contribution is 2.28. The van der Waals surface area contributed by atoms with Gasteiger partial charge in [-0.1, -0.05) is 30.3 Å². The number of hydrogen-bond donors (Lipinski definition) is 1. The molecule has 1 N–H and O–H groups in total. The van der Waals surface area contributed by atoms with Crippen LogP contribution in [0.25, 0.3) is 0 Å². The highest BCUT2D eigenvalue weighted by atomic mass is 32.2. The van der Waals surface area contributed by atoms with Crippen molar-refractivity contribution in [2.75, 3.05) is 33.4 Å². The molecule has 0 bridgehead atoms. The summed E-state index contributed by atoms with van der Waals surface area (Å²) in [6.07, 6.45) is 0.495. The molecule has 1 heterocycles. The number of carbonyl (C=O) groups excluding carboxylic acids is 2. The molecule has 1 unspecified atom stereocenters. The Kier molecular flexibility index (Phi) is 7.83. The van der Waals surface area contributed by atoms with Gasteiger partial charge in [-0.3, -0.25) is 9.59 Å². The van der Waals surface area contributed by atoms with E-state index >= 15 is 0 Å². The molecule has 178 valence electrons. The molecule has 8 nitrogen and oxygen atoms in total. The van der Waals surface area contributed by atoms with E-state index in [1.165, 1.54) is 29.2 Å². The summed E-state index contributed by atoms with van der Waals surface area (Å²) in [7, 11) is -2.44. The molecule has 0 spiro atoms. The van der Waals surface area contributed by atoms with Gasteiger partial charge in [0, 0.05) is 33.4 Å². The number of rotatable bonds is 9. The van der Waals surface area contributed by atoms with Gasteiger partial charge >= 0.3 is 0 Å². The molecule has 1 fully saturated rings. The largest absolute Gasteiger partial charge is 0.385 e. The number of halogens is 1. The van der Waals surface area contributed by atoms with Gasteiger partial charge in [0.05, 0.1) is 11.4 Å². The van der Waals surface area contributed by atoms with Gasteiger partial charge in [0.2, 0.25) is 21.8 Å². The second-order valence-electron chi connectivity index (χ2n) is 8.06. The van der Waals surface area contributed by atoms with Gasteiger partial charge in [0.1, 0.15) is 11.4 Å². The first-order valence-electron chi connectivity index (χ1n) is 10.6. The number of carbonyl (C=O) groups is 2. The Morgan fingerprint density at radius 3 is 2.45 bits per heavy atom. The Labute approximate surface area is 193 Å². The number of methoxy groups -OCH3 is 1. The smallest absolute Gasteiger partial charge is 0.247 e. The minimum absolute atomic E-state index is 0.0553. The fourth-order valence-electron chi connectivity index (χ4n) is 3.82. The number of hydrogen-bond acceptors (Lipinski definition) is 5. The van der Waals surface area contributed by atoms with Gasteiger partial charge in [-0.2, -0.15) is 4.31 Å². The van der Waals surface area contributed by atoms with Crippen LogP contribution in [0.1, 0.15) is 18.9 Å². The maximum Gasteiger partial charge on any atom is 0.247 e. The normalized spacial score (nSPS) is 19.5. The molecule has 33 heavy (non-hydrogen) atoms. The summed E-state index contributed by atoms with van der Waals surface area (Å²) in [4.78, 5) is 27.9. The highest BCUT2D eigenvalue weighted by Gasteiger charge is 2.50. The predicted molar refractivity (Wildman–Crippen MR) is 120 cm³/mol. The van der Waals surface area contributed by atoms with E-state index in [0.29, 0.717) is 18.6 Å². The van der Waals surface area contributed by atoms with Gasteiger partial charge in [0.25, 0.3) is 0 Å². The first kappa shape index (κ1) is 24.8. The van der Waals surface area contributed by atoms with Gasteiger partial charge in [-0.05, 0) is 43.2 Å². The molecule has 1 aliphatic heterocycles. The molecule has 2 amide bonds. The second kappa shape index (κ2) is 10.4. The molecule has 0 aromatic heterocycles. The molecule has 0 saturated carbocycles. The first-order valence-corrected chi connectivity index (χ1v) is 12.0. The molecular weight excluding hydrogens is 449 g/mol. The van der Waals surface area contributed by atoms with E-state index in [4.69, 9.17) is 4.74 Å². The van der Waals surface area contributed by atoms with Gasteiger partial charge < -0.3 is 15.0 Å². The lowest BCUT2D eigenvalue weighted by atomic mass is 9.95. The summed E-state index contributed by atoms with van der Waals surface area (Å²) in [5.41, 5.74) is -0.763. The second-order valence-corrected chi connectivity index (χ2v) is 10.00. The molecule has 10 heteroatoms. The van der Waals surface area contributed by atoms with E-state index in [1.54, 1.807) is 44.4 Å². The minimum atomic E-state index is -3.98. The van der Waals surface area contributed by atoms with Crippen LogP contribution in [-0.4, -0.2) is 68.3 Å². The lowest BCUT2D eigenvalue weighted by Crippen LogP contribution is -2.69. The van der Waals surface area contributed by atoms with Crippen molar-refractivity contribution in [2.45, 2.75) is 30.3 Å². The zero-order valence-electron chi connectivity index (χ0n) is 18.7. The summed E-state index contributed by atoms with van der Waals surface area (Å²) in [5.74, 6) is -1.34. The molecule has 1 atom stereocenters. The summed E-state index contributed by atoms with van der Waals surface area (Å²) in [6.45, 7) is 1.75. The fourth-order valence-corrected chi connectivity index (χ4v) is 5.32. The summed E-state index contributed by atoms with van der Waals surface area (Å²) in [6, 6.07) is 13.5. The summed E-state index contributed by atoms with van der Waals surface area (Å²) < 4.78 is 45.7. The van der Waals surface area contributed by atoms with Crippen molar-refractivity contribution in [2.24, 2.45) is 0 Å². The lowest BCUT2D eigenvalue weighted by molar-refractivity contribution is -0.153. The molecule has 2 aromatic carbocycles. The average Bonchev–Trinajstić information content (AvgIpc) is 2.80. The SMILES string of the molecule is COCCCN1C(=O)CN(S(=O)(=O)c2ccccc2)CC1(C)C(=O)NCc1ccc(F)cc1. The van der Waals surface area contributed by atoms with Crippen LogP contribution in [0.15, 0.2) is 59.5 Å². The van der Waals surface area contributed by atoms with Crippen LogP contribution in [0.3, 0.4) is 0 Å². The van der Waals surface area contributed by atoms with Crippen molar-refractivity contribution >= 4 is 21.8 Å². The number of nitrogens with one attached hydrogen (secondary N) is 1. The highest BCUT2D eigenvalue weighted by molar-refractivity contribution is 7.89. The molecule has 2 aromatic rings. The monoisotopic (exact) mass is 477 g/mol. The van der Waals surface area contributed by atoms with Crippen LogP contribution < -0.4 is 5.32 Å². The van der Waals surface area contributed by atoms with E-state index in [1.807, 2.05) is 0 Å². The van der Waals surface area contributed by atoms with Crippen molar-refractivity contribution < 1.29 is 27.1 Å². The average molecular weight is 478 g/mol. The lowest BCUT2D eigenvalue weighted by Gasteiger charge is -2.46. The number of nitrogens with zero attached hydrogens (tertiary/aromatic N) is 2. The van der Waals surface area contributed by atoms with Gasteiger partial charge in [0.15, 0.2) is 0 Å². The summed E-state index contributed by atoms with van der Waals surface area (Å²) in [5, 5.41) is 2.77. The minimum Gasteiger partial charge on any atom is -0.385 e. The Morgan fingerprint density at radius 1 is 1.15 bits per heavy atom. The molecule has 0 radical (unpaired) electrons. The Balaban J connectivity index is 1.86. The fraction of sp³-hybridized carbons (Fsp3) is 0.391. The summed E-state index contributed by atoms with van der Waals surface area (Å²) >= 11 is 0. The number of amides is 2. The van der Waals surface area contributed by atoms with Crippen LogP contribution in [0.5, 0.6) is 0 Å². The van der Waals surface area contributed by atoms with Crippen LogP contribution in [0.4, 0.5) is 4.39 Å². The molecule has 1 saturated heterocycles. The third-order valence-corrected chi connectivity index (χ3v) is 7.47. The Hall–Kier alpha value is -2.82. The topological polar surface area (TPSA) is 96.0 Å². The maximum absolute atomic E-state index is 13.3. The van der Waals surface area contributed by atoms with E-state index < -0.39 is 27.4 Å². The first-order chi connectivity index (χ1) is 15.7. The van der Waals surface area contributed by atoms with E-state index in [-0.39, 0.29) is 36.9 Å². The van der Waals surface area contributed by atoms with Crippen LogP contribution >= 0.6 is 0 Å². The third-order valence-electron chi connectivity index (χ3n) is 5.66. The van der Waals surface area contributed by atoms with E-state index in [9.17, 15) is 22.4 Å². The van der Waals surface area contributed by atoms with Crippen molar-refractivity contribution in [1.29, 1.82) is 0 Å². The van der Waals surface area contributed by atoms with Gasteiger partial charge in [-0.15, -0.1) is 0 Å². The number of piperazine rings is 1. The van der Waals surface area contributed by atoms with Crippen molar-refractivity contribution in [3.63, 3.8) is 0 Å². The number of sulfonamides is 1. The van der Waals surface area contributed by atoms with Crippen molar-refractivity contribution in [1.82, 2.24) is 14.5 Å². The van der Waals surface area contributed by atoms with Crippen LogP contribution in [-0.2, 0) is 30.9 Å². The molecular formula is C23H28FN3O5S. The van der Waals surface area contributed by atoms with Crippen molar-refractivity contribution in [3.05, 3.63) is 66.0 Å². The van der Waals surface area contributed by atoms with Gasteiger partial charge in [-0.25, -0.2) is 12.8 Å². The van der Waals surface area contributed by atoms with Crippen LogP contribution in [0, 0.1) is 5.82 Å². The van der Waals surface area contributed by atoms with Crippen LogP contribution in [0.2, 0.25) is 0 Å². The molecule has 0 aliphatic carbocycles. The zero-order chi connectivity index (χ0) is 24.1. The van der Waals surface area contributed by atoms with E-state index in [0.717, 1.165) is 4.31 Å². The zero-order valence-corrected chi connectivity index (χ0v) is 19.5. The van der Waals surface area contributed by atoms with Crippen molar-refractivity contribution in [3.8, 4) is 0 Å². The molecule has 3 rings (SSSR count). The standard InChI is InChI=1S/C23H28FN3O5S/c1-23(22(29)25-15-18-9-11-19(24)12-10-18)17-26(16-21(28)27(23)13-6-14-32-2)33(30,31)20-7-4-3-5-8-20/h3-5,7-12H,6,13-17H2,1-2H3,(H,25,29). The van der Waals surface area contributed by atoms with E-state index in [2.05, 4.69) is 5.32 Å². The molecule has 1 aliphatic rings. The third kappa shape index (κ3) is 5.58. The number of benzene rings is 2. The Bertz CT molecular complexity index is 1080. The maximum atomic E-state index is 13.3. The predicted octanol–water partition coefficient (Wildman–Crippen LogP) is 1.77. The quantitative estimate of drug-likeness (QED) is 0.556.